The maximum Gasteiger partial charge on any atom is 0.0638 e. The second kappa shape index (κ2) is 4.89. The molecule has 1 atom stereocenters. The number of benzene rings is 1. The molecule has 0 bridgehead atoms. The van der Waals surface area contributed by atoms with Crippen LogP contribution in [0.15, 0.2) is 30.3 Å². The molecule has 1 aromatic rings. The van der Waals surface area contributed by atoms with Gasteiger partial charge >= 0.3 is 0 Å². The van der Waals surface area contributed by atoms with Crippen LogP contribution in [0.3, 0.4) is 0 Å². The number of nitriles is 1. The summed E-state index contributed by atoms with van der Waals surface area (Å²) in [6, 6.07) is 13.3. The van der Waals surface area contributed by atoms with Gasteiger partial charge in [-0.1, -0.05) is 44.2 Å². The van der Waals surface area contributed by atoms with Crippen molar-refractivity contribution in [1.82, 2.24) is 4.90 Å². The van der Waals surface area contributed by atoms with Gasteiger partial charge in [0.25, 0.3) is 0 Å². The molecule has 0 amide bonds. The van der Waals surface area contributed by atoms with Gasteiger partial charge in [-0.05, 0) is 23.9 Å². The van der Waals surface area contributed by atoms with Gasteiger partial charge in [-0.2, -0.15) is 5.26 Å². The van der Waals surface area contributed by atoms with Crippen LogP contribution in [0.5, 0.6) is 0 Å². The summed E-state index contributed by atoms with van der Waals surface area (Å²) in [4.78, 5) is 2.46. The standard InChI is InChI=1S/C15H20N2/c1-15(2)9-11-17(14(15)8-10-16)12-13-6-4-3-5-7-13/h3-7,14H,8-9,11-12H2,1-2H3/t14-/m0/s1. The molecule has 0 saturated carbocycles. The number of likely N-dealkylation sites (tertiary alicyclic amines) is 1. The molecule has 1 heterocycles. The molecule has 90 valence electrons. The van der Waals surface area contributed by atoms with Gasteiger partial charge in [0.1, 0.15) is 0 Å². The maximum atomic E-state index is 8.97. The lowest BCUT2D eigenvalue weighted by Crippen LogP contribution is -2.35. The van der Waals surface area contributed by atoms with Crippen molar-refractivity contribution < 1.29 is 0 Å². The predicted molar refractivity (Wildman–Crippen MR) is 69.3 cm³/mol. The molecule has 1 aromatic carbocycles. The Hall–Kier alpha value is -1.33. The van der Waals surface area contributed by atoms with Gasteiger partial charge in [0.15, 0.2) is 0 Å². The van der Waals surface area contributed by atoms with Gasteiger partial charge in [-0.25, -0.2) is 0 Å². The molecular formula is C15H20N2. The van der Waals surface area contributed by atoms with Gasteiger partial charge in [-0.15, -0.1) is 0 Å². The Morgan fingerprint density at radius 2 is 2.06 bits per heavy atom. The van der Waals surface area contributed by atoms with Crippen LogP contribution in [-0.2, 0) is 6.54 Å². The third kappa shape index (κ3) is 2.68. The molecule has 1 aliphatic rings. The van der Waals surface area contributed by atoms with Crippen molar-refractivity contribution in [3.8, 4) is 6.07 Å². The van der Waals surface area contributed by atoms with Gasteiger partial charge in [0.2, 0.25) is 0 Å². The minimum absolute atomic E-state index is 0.268. The third-order valence-corrected chi connectivity index (χ3v) is 3.90. The zero-order valence-electron chi connectivity index (χ0n) is 10.7. The average Bonchev–Trinajstić information content (AvgIpc) is 2.58. The highest BCUT2D eigenvalue weighted by Gasteiger charge is 2.39. The number of hydrogen-bond donors (Lipinski definition) is 0. The van der Waals surface area contributed by atoms with E-state index in [1.165, 1.54) is 12.0 Å². The molecule has 0 spiro atoms. The van der Waals surface area contributed by atoms with Crippen LogP contribution in [0.4, 0.5) is 0 Å². The predicted octanol–water partition coefficient (Wildman–Crippen LogP) is 3.20. The summed E-state index contributed by atoms with van der Waals surface area (Å²) in [5.41, 5.74) is 1.61. The van der Waals surface area contributed by atoms with Crippen molar-refractivity contribution >= 4 is 0 Å². The molecule has 0 radical (unpaired) electrons. The smallest absolute Gasteiger partial charge is 0.0638 e. The maximum absolute atomic E-state index is 8.97. The van der Waals surface area contributed by atoms with Crippen molar-refractivity contribution in [3.05, 3.63) is 35.9 Å². The Morgan fingerprint density at radius 3 is 2.71 bits per heavy atom. The lowest BCUT2D eigenvalue weighted by atomic mass is 9.83. The number of hydrogen-bond acceptors (Lipinski definition) is 2. The first-order chi connectivity index (χ1) is 8.13. The lowest BCUT2D eigenvalue weighted by Gasteiger charge is -2.31. The first kappa shape index (κ1) is 12.1. The molecule has 0 aromatic heterocycles. The van der Waals surface area contributed by atoms with E-state index in [2.05, 4.69) is 49.1 Å². The highest BCUT2D eigenvalue weighted by molar-refractivity contribution is 5.15. The average molecular weight is 228 g/mol. The third-order valence-electron chi connectivity index (χ3n) is 3.90. The van der Waals surface area contributed by atoms with Crippen LogP contribution in [-0.4, -0.2) is 17.5 Å². The summed E-state index contributed by atoms with van der Waals surface area (Å²) in [6.45, 7) is 6.63. The van der Waals surface area contributed by atoms with Crippen molar-refractivity contribution in [2.75, 3.05) is 6.54 Å². The minimum Gasteiger partial charge on any atom is -0.295 e. The summed E-state index contributed by atoms with van der Waals surface area (Å²) in [5.74, 6) is 0. The van der Waals surface area contributed by atoms with E-state index < -0.39 is 0 Å². The summed E-state index contributed by atoms with van der Waals surface area (Å²) in [7, 11) is 0. The molecule has 17 heavy (non-hydrogen) atoms. The van der Waals surface area contributed by atoms with E-state index >= 15 is 0 Å². The van der Waals surface area contributed by atoms with Crippen molar-refractivity contribution in [3.63, 3.8) is 0 Å². The number of nitrogens with zero attached hydrogens (tertiary/aromatic N) is 2. The number of rotatable bonds is 3. The topological polar surface area (TPSA) is 27.0 Å². The van der Waals surface area contributed by atoms with Crippen molar-refractivity contribution in [2.45, 2.75) is 39.3 Å². The van der Waals surface area contributed by atoms with Crippen LogP contribution < -0.4 is 0 Å². The van der Waals surface area contributed by atoms with Crippen LogP contribution in [0.2, 0.25) is 0 Å². The second-order valence-corrected chi connectivity index (χ2v) is 5.57. The molecule has 1 saturated heterocycles. The summed E-state index contributed by atoms with van der Waals surface area (Å²) in [5, 5.41) is 8.97. The van der Waals surface area contributed by atoms with E-state index in [4.69, 9.17) is 5.26 Å². The van der Waals surface area contributed by atoms with E-state index in [1.54, 1.807) is 0 Å². The molecular weight excluding hydrogens is 208 g/mol. The monoisotopic (exact) mass is 228 g/mol. The largest absolute Gasteiger partial charge is 0.295 e. The van der Waals surface area contributed by atoms with Gasteiger partial charge in [0.05, 0.1) is 12.5 Å². The molecule has 0 N–H and O–H groups in total. The first-order valence-electron chi connectivity index (χ1n) is 6.28. The van der Waals surface area contributed by atoms with E-state index in [0.29, 0.717) is 12.5 Å². The SMILES string of the molecule is CC1(C)CCN(Cc2ccccc2)[C@H]1CC#N. The molecule has 0 aliphatic carbocycles. The Kier molecular flexibility index (Phi) is 3.49. The fourth-order valence-electron chi connectivity index (χ4n) is 2.75. The molecule has 0 unspecified atom stereocenters. The van der Waals surface area contributed by atoms with E-state index in [-0.39, 0.29) is 5.41 Å². The molecule has 2 heteroatoms. The molecule has 2 rings (SSSR count). The fraction of sp³-hybridized carbons (Fsp3) is 0.533. The normalized spacial score (nSPS) is 23.5. The highest BCUT2D eigenvalue weighted by Crippen LogP contribution is 2.38. The molecule has 1 aliphatic heterocycles. The van der Waals surface area contributed by atoms with E-state index in [1.807, 2.05) is 6.07 Å². The molecule has 1 fully saturated rings. The van der Waals surface area contributed by atoms with E-state index in [0.717, 1.165) is 13.1 Å². The van der Waals surface area contributed by atoms with Gasteiger partial charge < -0.3 is 0 Å². The molecule has 2 nitrogen and oxygen atoms in total. The summed E-state index contributed by atoms with van der Waals surface area (Å²) >= 11 is 0. The zero-order valence-corrected chi connectivity index (χ0v) is 10.7. The van der Waals surface area contributed by atoms with Crippen LogP contribution >= 0.6 is 0 Å². The summed E-state index contributed by atoms with van der Waals surface area (Å²) in [6.07, 6.45) is 1.83. The Labute approximate surface area is 104 Å². The van der Waals surface area contributed by atoms with Gasteiger partial charge in [-0.3, -0.25) is 4.90 Å². The fourth-order valence-corrected chi connectivity index (χ4v) is 2.75. The zero-order chi connectivity index (χ0) is 12.3. The first-order valence-corrected chi connectivity index (χ1v) is 6.28. The van der Waals surface area contributed by atoms with Crippen LogP contribution in [0, 0.1) is 16.7 Å². The Bertz CT molecular complexity index is 403. The van der Waals surface area contributed by atoms with Crippen LogP contribution in [0.25, 0.3) is 0 Å². The Balaban J connectivity index is 2.09. The van der Waals surface area contributed by atoms with Crippen LogP contribution in [0.1, 0.15) is 32.3 Å². The van der Waals surface area contributed by atoms with E-state index in [9.17, 15) is 0 Å². The van der Waals surface area contributed by atoms with Crippen molar-refractivity contribution in [1.29, 1.82) is 5.26 Å². The quantitative estimate of drug-likeness (QED) is 0.794. The second-order valence-electron chi connectivity index (χ2n) is 5.57. The minimum atomic E-state index is 0.268. The van der Waals surface area contributed by atoms with Gasteiger partial charge in [0, 0.05) is 12.6 Å². The Morgan fingerprint density at radius 1 is 1.35 bits per heavy atom. The highest BCUT2D eigenvalue weighted by atomic mass is 15.2. The lowest BCUT2D eigenvalue weighted by molar-refractivity contribution is 0.178. The summed E-state index contributed by atoms with van der Waals surface area (Å²) < 4.78 is 0. The van der Waals surface area contributed by atoms with Crippen molar-refractivity contribution in [2.24, 2.45) is 5.41 Å².